The largest absolute Gasteiger partial charge is 0.496 e. The topological polar surface area (TPSA) is 44.5 Å². The van der Waals surface area contributed by atoms with Gasteiger partial charge in [-0.25, -0.2) is 0 Å². The average molecular weight is 221 g/mol. The summed E-state index contributed by atoms with van der Waals surface area (Å²) in [5.74, 6) is 1.79. The van der Waals surface area contributed by atoms with E-state index in [9.17, 15) is 0 Å². The fourth-order valence-corrected chi connectivity index (χ4v) is 2.53. The third-order valence-corrected chi connectivity index (χ3v) is 3.66. The summed E-state index contributed by atoms with van der Waals surface area (Å²) in [4.78, 5) is 0. The summed E-state index contributed by atoms with van der Waals surface area (Å²) in [5, 5.41) is 0. The van der Waals surface area contributed by atoms with E-state index in [1.165, 1.54) is 6.42 Å². The van der Waals surface area contributed by atoms with Crippen molar-refractivity contribution in [2.75, 3.05) is 20.8 Å². The maximum atomic E-state index is 5.94. The molecule has 0 bridgehead atoms. The van der Waals surface area contributed by atoms with E-state index >= 15 is 0 Å². The zero-order chi connectivity index (χ0) is 11.6. The Balaban J connectivity index is 2.51. The van der Waals surface area contributed by atoms with E-state index in [0.717, 1.165) is 29.9 Å². The number of nitrogens with two attached hydrogens (primary N) is 1. The summed E-state index contributed by atoms with van der Waals surface area (Å²) in [7, 11) is 3.39. The molecule has 3 heteroatoms. The third kappa shape index (κ3) is 1.55. The zero-order valence-electron chi connectivity index (χ0n) is 9.95. The van der Waals surface area contributed by atoms with Gasteiger partial charge in [-0.2, -0.15) is 0 Å². The summed E-state index contributed by atoms with van der Waals surface area (Å²) >= 11 is 0. The molecule has 1 saturated carbocycles. The Hall–Kier alpha value is -1.22. The van der Waals surface area contributed by atoms with Crippen molar-refractivity contribution in [3.63, 3.8) is 0 Å². The van der Waals surface area contributed by atoms with E-state index in [1.54, 1.807) is 14.2 Å². The maximum Gasteiger partial charge on any atom is 0.126 e. The van der Waals surface area contributed by atoms with Crippen molar-refractivity contribution in [3.05, 3.63) is 23.8 Å². The molecule has 88 valence electrons. The van der Waals surface area contributed by atoms with Gasteiger partial charge in [0, 0.05) is 17.5 Å². The summed E-state index contributed by atoms with van der Waals surface area (Å²) < 4.78 is 10.9. The van der Waals surface area contributed by atoms with Crippen LogP contribution in [0.5, 0.6) is 11.5 Å². The van der Waals surface area contributed by atoms with Crippen molar-refractivity contribution in [2.45, 2.75) is 24.7 Å². The van der Waals surface area contributed by atoms with Gasteiger partial charge in [-0.05, 0) is 25.0 Å². The summed E-state index contributed by atoms with van der Waals surface area (Å²) in [6, 6.07) is 5.91. The van der Waals surface area contributed by atoms with Gasteiger partial charge in [0.05, 0.1) is 14.2 Å². The molecule has 0 amide bonds. The molecule has 0 spiro atoms. The first-order valence-electron chi connectivity index (χ1n) is 5.69. The van der Waals surface area contributed by atoms with Crippen molar-refractivity contribution in [1.82, 2.24) is 0 Å². The number of rotatable bonds is 4. The predicted molar refractivity (Wildman–Crippen MR) is 64.1 cm³/mol. The molecule has 0 unspecified atom stereocenters. The van der Waals surface area contributed by atoms with Crippen LogP contribution < -0.4 is 15.2 Å². The minimum atomic E-state index is 0.0674. The van der Waals surface area contributed by atoms with Crippen LogP contribution in [0.25, 0.3) is 0 Å². The lowest BCUT2D eigenvalue weighted by molar-refractivity contribution is 0.233. The van der Waals surface area contributed by atoms with E-state index < -0.39 is 0 Å². The van der Waals surface area contributed by atoms with Gasteiger partial charge in [0.25, 0.3) is 0 Å². The first-order chi connectivity index (χ1) is 7.77. The Morgan fingerprint density at radius 2 is 1.75 bits per heavy atom. The number of hydrogen-bond acceptors (Lipinski definition) is 3. The molecule has 1 aromatic rings. The predicted octanol–water partition coefficient (Wildman–Crippen LogP) is 2.08. The Morgan fingerprint density at radius 1 is 1.19 bits per heavy atom. The van der Waals surface area contributed by atoms with Crippen LogP contribution in [-0.2, 0) is 5.41 Å². The van der Waals surface area contributed by atoms with E-state index in [0.29, 0.717) is 6.54 Å². The lowest BCUT2D eigenvalue weighted by atomic mass is 9.64. The van der Waals surface area contributed by atoms with Gasteiger partial charge in [0.1, 0.15) is 11.5 Å². The number of methoxy groups -OCH3 is 2. The highest BCUT2D eigenvalue weighted by Gasteiger charge is 2.41. The second-order valence-corrected chi connectivity index (χ2v) is 4.38. The maximum absolute atomic E-state index is 5.94. The second kappa shape index (κ2) is 4.34. The lowest BCUT2D eigenvalue weighted by Crippen LogP contribution is -2.42. The standard InChI is InChI=1S/C13H19NO2/c1-15-10-5-3-6-11(16-2)12(10)13(9-14)7-4-8-13/h3,5-6H,4,7-9,14H2,1-2H3. The number of ether oxygens (including phenoxy) is 2. The van der Waals surface area contributed by atoms with Crippen molar-refractivity contribution < 1.29 is 9.47 Å². The highest BCUT2D eigenvalue weighted by Crippen LogP contribution is 2.50. The van der Waals surface area contributed by atoms with Gasteiger partial charge in [-0.15, -0.1) is 0 Å². The molecule has 16 heavy (non-hydrogen) atoms. The molecule has 1 fully saturated rings. The highest BCUT2D eigenvalue weighted by molar-refractivity contribution is 5.51. The van der Waals surface area contributed by atoms with Gasteiger partial charge in [0.15, 0.2) is 0 Å². The summed E-state index contributed by atoms with van der Waals surface area (Å²) in [6.07, 6.45) is 3.48. The molecular weight excluding hydrogens is 202 g/mol. The summed E-state index contributed by atoms with van der Waals surface area (Å²) in [6.45, 7) is 0.656. The minimum Gasteiger partial charge on any atom is -0.496 e. The van der Waals surface area contributed by atoms with Crippen LogP contribution in [0.3, 0.4) is 0 Å². The first kappa shape index (κ1) is 11.3. The van der Waals surface area contributed by atoms with Crippen LogP contribution in [0, 0.1) is 0 Å². The van der Waals surface area contributed by atoms with Crippen LogP contribution in [-0.4, -0.2) is 20.8 Å². The van der Waals surface area contributed by atoms with Crippen LogP contribution >= 0.6 is 0 Å². The van der Waals surface area contributed by atoms with Crippen molar-refractivity contribution in [3.8, 4) is 11.5 Å². The Labute approximate surface area is 96.5 Å². The van der Waals surface area contributed by atoms with Crippen LogP contribution in [0.4, 0.5) is 0 Å². The fraction of sp³-hybridized carbons (Fsp3) is 0.538. The Morgan fingerprint density at radius 3 is 2.06 bits per heavy atom. The van der Waals surface area contributed by atoms with Gasteiger partial charge >= 0.3 is 0 Å². The molecule has 3 nitrogen and oxygen atoms in total. The molecule has 0 saturated heterocycles. The molecule has 1 aliphatic rings. The molecule has 1 aliphatic carbocycles. The van der Waals surface area contributed by atoms with Gasteiger partial charge in [-0.1, -0.05) is 12.5 Å². The van der Waals surface area contributed by atoms with E-state index in [1.807, 2.05) is 18.2 Å². The highest BCUT2D eigenvalue weighted by atomic mass is 16.5. The fourth-order valence-electron chi connectivity index (χ4n) is 2.53. The van der Waals surface area contributed by atoms with Crippen LogP contribution in [0.2, 0.25) is 0 Å². The molecule has 0 aromatic heterocycles. The van der Waals surface area contributed by atoms with Crippen molar-refractivity contribution in [2.24, 2.45) is 5.73 Å². The number of benzene rings is 1. The van der Waals surface area contributed by atoms with Crippen LogP contribution in [0.1, 0.15) is 24.8 Å². The van der Waals surface area contributed by atoms with E-state index in [-0.39, 0.29) is 5.41 Å². The Bertz CT molecular complexity index is 344. The molecule has 2 N–H and O–H groups in total. The average Bonchev–Trinajstić information content (AvgIpc) is 2.28. The van der Waals surface area contributed by atoms with Gasteiger partial charge < -0.3 is 15.2 Å². The molecular formula is C13H19NO2. The molecule has 0 aliphatic heterocycles. The number of hydrogen-bond donors (Lipinski definition) is 1. The molecule has 0 atom stereocenters. The molecule has 0 radical (unpaired) electrons. The van der Waals surface area contributed by atoms with E-state index in [4.69, 9.17) is 15.2 Å². The van der Waals surface area contributed by atoms with Crippen molar-refractivity contribution >= 4 is 0 Å². The zero-order valence-corrected chi connectivity index (χ0v) is 9.95. The van der Waals surface area contributed by atoms with E-state index in [2.05, 4.69) is 0 Å². The van der Waals surface area contributed by atoms with Gasteiger partial charge in [0.2, 0.25) is 0 Å². The summed E-state index contributed by atoms with van der Waals surface area (Å²) in [5.41, 5.74) is 7.15. The van der Waals surface area contributed by atoms with Crippen molar-refractivity contribution in [1.29, 1.82) is 0 Å². The minimum absolute atomic E-state index is 0.0674. The Kier molecular flexibility index (Phi) is 3.06. The van der Waals surface area contributed by atoms with Gasteiger partial charge in [-0.3, -0.25) is 0 Å². The first-order valence-corrected chi connectivity index (χ1v) is 5.69. The molecule has 0 heterocycles. The monoisotopic (exact) mass is 221 g/mol. The smallest absolute Gasteiger partial charge is 0.126 e. The van der Waals surface area contributed by atoms with Crippen LogP contribution in [0.15, 0.2) is 18.2 Å². The lowest BCUT2D eigenvalue weighted by Gasteiger charge is -2.42. The molecule has 2 rings (SSSR count). The normalized spacial score (nSPS) is 17.7. The quantitative estimate of drug-likeness (QED) is 0.846. The second-order valence-electron chi connectivity index (χ2n) is 4.38. The SMILES string of the molecule is COc1cccc(OC)c1C1(CN)CCC1. The third-order valence-electron chi connectivity index (χ3n) is 3.66. The molecule has 1 aromatic carbocycles.